The molecule has 1 atom stereocenters. The first-order valence-corrected chi connectivity index (χ1v) is 8.30. The lowest BCUT2D eigenvalue weighted by Gasteiger charge is -2.30. The van der Waals surface area contributed by atoms with Crippen LogP contribution in [0.1, 0.15) is 18.4 Å². The highest BCUT2D eigenvalue weighted by Crippen LogP contribution is 2.17. The Labute approximate surface area is 119 Å². The van der Waals surface area contributed by atoms with Gasteiger partial charge in [0.15, 0.2) is 0 Å². The quantitative estimate of drug-likeness (QED) is 0.757. The summed E-state index contributed by atoms with van der Waals surface area (Å²) >= 11 is 0. The predicted molar refractivity (Wildman–Crippen MR) is 75.3 cm³/mol. The van der Waals surface area contributed by atoms with E-state index in [0.717, 1.165) is 18.4 Å². The molecular weight excluding hydrogens is 280 g/mol. The molecular formula is C12H22N4O3S. The topological polar surface area (TPSA) is 87.5 Å². The van der Waals surface area contributed by atoms with Crippen LogP contribution in [-0.2, 0) is 16.8 Å². The van der Waals surface area contributed by atoms with Crippen LogP contribution in [-0.4, -0.2) is 53.9 Å². The Morgan fingerprint density at radius 3 is 3.00 bits per heavy atom. The van der Waals surface area contributed by atoms with Crippen molar-refractivity contribution in [1.82, 2.24) is 18.8 Å². The van der Waals surface area contributed by atoms with Crippen molar-refractivity contribution in [3.8, 4) is 0 Å². The van der Waals surface area contributed by atoms with Crippen molar-refractivity contribution < 1.29 is 13.5 Å². The number of aryl methyl sites for hydroxylation is 1. The molecule has 8 heteroatoms. The van der Waals surface area contributed by atoms with Crippen molar-refractivity contribution in [3.05, 3.63) is 18.0 Å². The highest BCUT2D eigenvalue weighted by molar-refractivity contribution is 7.87. The number of rotatable bonds is 6. The third-order valence-electron chi connectivity index (χ3n) is 3.47. The van der Waals surface area contributed by atoms with Gasteiger partial charge in [0.25, 0.3) is 10.2 Å². The molecule has 2 heterocycles. The first-order chi connectivity index (χ1) is 9.51. The number of hydrogen-bond donors (Lipinski definition) is 2. The van der Waals surface area contributed by atoms with Crippen LogP contribution in [0.15, 0.2) is 12.4 Å². The predicted octanol–water partition coefficient (Wildman–Crippen LogP) is -0.270. The molecule has 0 spiro atoms. The van der Waals surface area contributed by atoms with Crippen LogP contribution in [0, 0.1) is 12.8 Å². The van der Waals surface area contributed by atoms with E-state index in [9.17, 15) is 8.42 Å². The molecule has 0 aromatic carbocycles. The fourth-order valence-corrected chi connectivity index (χ4v) is 3.67. The Balaban J connectivity index is 1.84. The van der Waals surface area contributed by atoms with Crippen molar-refractivity contribution in [2.45, 2.75) is 26.3 Å². The summed E-state index contributed by atoms with van der Waals surface area (Å²) in [5.74, 6) is 0.0501. The lowest BCUT2D eigenvalue weighted by molar-refractivity contribution is 0.164. The van der Waals surface area contributed by atoms with Crippen LogP contribution >= 0.6 is 0 Å². The van der Waals surface area contributed by atoms with Gasteiger partial charge in [-0.25, -0.2) is 4.72 Å². The number of aliphatic hydroxyl groups excluding tert-OH is 1. The molecule has 0 aliphatic carbocycles. The third-order valence-corrected chi connectivity index (χ3v) is 5.05. The average molecular weight is 302 g/mol. The normalized spacial score (nSPS) is 21.2. The molecule has 20 heavy (non-hydrogen) atoms. The zero-order chi connectivity index (χ0) is 14.6. The number of hydrogen-bond acceptors (Lipinski definition) is 4. The van der Waals surface area contributed by atoms with Gasteiger partial charge in [-0.2, -0.15) is 17.8 Å². The molecule has 7 nitrogen and oxygen atoms in total. The molecule has 1 aliphatic rings. The van der Waals surface area contributed by atoms with Crippen LogP contribution in [0.3, 0.4) is 0 Å². The van der Waals surface area contributed by atoms with Crippen LogP contribution in [0.2, 0.25) is 0 Å². The Morgan fingerprint density at radius 2 is 2.35 bits per heavy atom. The monoisotopic (exact) mass is 302 g/mol. The summed E-state index contributed by atoms with van der Waals surface area (Å²) in [5, 5.41) is 13.3. The second-order valence-corrected chi connectivity index (χ2v) is 6.98. The second kappa shape index (κ2) is 6.66. The number of piperidine rings is 1. The van der Waals surface area contributed by atoms with Crippen LogP contribution < -0.4 is 4.72 Å². The largest absolute Gasteiger partial charge is 0.396 e. The first kappa shape index (κ1) is 15.4. The molecule has 0 bridgehead atoms. The maximum absolute atomic E-state index is 12.1. The van der Waals surface area contributed by atoms with E-state index < -0.39 is 10.2 Å². The highest BCUT2D eigenvalue weighted by atomic mass is 32.2. The fraction of sp³-hybridized carbons (Fsp3) is 0.750. The van der Waals surface area contributed by atoms with Gasteiger partial charge in [-0.05, 0) is 31.2 Å². The Hall–Kier alpha value is -0.960. The molecule has 1 fully saturated rings. The van der Waals surface area contributed by atoms with Gasteiger partial charge in [0.1, 0.15) is 0 Å². The summed E-state index contributed by atoms with van der Waals surface area (Å²) in [4.78, 5) is 0. The molecule has 0 amide bonds. The van der Waals surface area contributed by atoms with E-state index in [1.165, 1.54) is 4.31 Å². The van der Waals surface area contributed by atoms with Gasteiger partial charge >= 0.3 is 0 Å². The molecule has 1 aliphatic heterocycles. The summed E-state index contributed by atoms with van der Waals surface area (Å²) in [6.07, 6.45) is 5.29. The Morgan fingerprint density at radius 1 is 1.55 bits per heavy atom. The highest BCUT2D eigenvalue weighted by Gasteiger charge is 2.28. The maximum atomic E-state index is 12.1. The summed E-state index contributed by atoms with van der Waals surface area (Å²) in [6.45, 7) is 3.71. The number of aliphatic hydroxyl groups is 1. The zero-order valence-corrected chi connectivity index (χ0v) is 12.5. The SMILES string of the molecule is Cc1cnn(CCNS(=O)(=O)N2CCCC(CO)C2)c1. The Bertz CT molecular complexity index is 529. The van der Waals surface area contributed by atoms with Gasteiger partial charge in [0.2, 0.25) is 0 Å². The standard InChI is InChI=1S/C12H22N4O3S/c1-11-7-13-15(8-11)6-4-14-20(18,19)16-5-2-3-12(9-16)10-17/h7-8,12,14,17H,2-6,9-10H2,1H3. The van der Waals surface area contributed by atoms with E-state index in [-0.39, 0.29) is 12.5 Å². The fourth-order valence-electron chi connectivity index (χ4n) is 2.36. The number of aromatic nitrogens is 2. The summed E-state index contributed by atoms with van der Waals surface area (Å²) in [5.41, 5.74) is 1.05. The summed E-state index contributed by atoms with van der Waals surface area (Å²) in [6, 6.07) is 0. The smallest absolute Gasteiger partial charge is 0.279 e. The zero-order valence-electron chi connectivity index (χ0n) is 11.7. The van der Waals surface area contributed by atoms with Crippen molar-refractivity contribution in [3.63, 3.8) is 0 Å². The second-order valence-electron chi connectivity index (χ2n) is 5.23. The van der Waals surface area contributed by atoms with Gasteiger partial charge in [0, 0.05) is 32.4 Å². The maximum Gasteiger partial charge on any atom is 0.279 e. The van der Waals surface area contributed by atoms with Crippen molar-refractivity contribution in [1.29, 1.82) is 0 Å². The van der Waals surface area contributed by atoms with Gasteiger partial charge in [0.05, 0.1) is 12.7 Å². The van der Waals surface area contributed by atoms with Gasteiger partial charge in [-0.3, -0.25) is 4.68 Å². The minimum Gasteiger partial charge on any atom is -0.396 e. The van der Waals surface area contributed by atoms with Crippen molar-refractivity contribution >= 4 is 10.2 Å². The van der Waals surface area contributed by atoms with E-state index in [1.54, 1.807) is 10.9 Å². The van der Waals surface area contributed by atoms with E-state index in [1.807, 2.05) is 13.1 Å². The van der Waals surface area contributed by atoms with Crippen LogP contribution in [0.4, 0.5) is 0 Å². The summed E-state index contributed by atoms with van der Waals surface area (Å²) < 4.78 is 30.0. The van der Waals surface area contributed by atoms with Gasteiger partial charge in [-0.15, -0.1) is 0 Å². The molecule has 1 saturated heterocycles. The molecule has 1 unspecified atom stereocenters. The molecule has 1 aromatic rings. The molecule has 114 valence electrons. The molecule has 0 radical (unpaired) electrons. The van der Waals surface area contributed by atoms with Gasteiger partial charge < -0.3 is 5.11 Å². The molecule has 2 rings (SSSR count). The molecule has 1 aromatic heterocycles. The van der Waals surface area contributed by atoms with Crippen LogP contribution in [0.5, 0.6) is 0 Å². The van der Waals surface area contributed by atoms with E-state index in [4.69, 9.17) is 5.11 Å². The minimum atomic E-state index is -3.46. The first-order valence-electron chi connectivity index (χ1n) is 6.86. The minimum absolute atomic E-state index is 0.0403. The lowest BCUT2D eigenvalue weighted by Crippen LogP contribution is -2.47. The average Bonchev–Trinajstić information content (AvgIpc) is 2.84. The molecule has 2 N–H and O–H groups in total. The van der Waals surface area contributed by atoms with Gasteiger partial charge in [-0.1, -0.05) is 0 Å². The third kappa shape index (κ3) is 4.02. The van der Waals surface area contributed by atoms with E-state index >= 15 is 0 Å². The number of nitrogens with one attached hydrogen (secondary N) is 1. The van der Waals surface area contributed by atoms with E-state index in [2.05, 4.69) is 9.82 Å². The van der Waals surface area contributed by atoms with Crippen LogP contribution in [0.25, 0.3) is 0 Å². The Kier molecular flexibility index (Phi) is 5.14. The summed E-state index contributed by atoms with van der Waals surface area (Å²) in [7, 11) is -3.46. The number of nitrogens with zero attached hydrogens (tertiary/aromatic N) is 3. The lowest BCUT2D eigenvalue weighted by atomic mass is 10.0. The molecule has 0 saturated carbocycles. The van der Waals surface area contributed by atoms with E-state index in [0.29, 0.717) is 26.2 Å². The van der Waals surface area contributed by atoms with Crippen molar-refractivity contribution in [2.24, 2.45) is 5.92 Å². The van der Waals surface area contributed by atoms with Crippen molar-refractivity contribution in [2.75, 3.05) is 26.2 Å².